The van der Waals surface area contributed by atoms with Gasteiger partial charge in [-0.05, 0) is 0 Å². The van der Waals surface area contributed by atoms with E-state index in [1.165, 1.54) is 0 Å². The fourth-order valence-electron chi connectivity index (χ4n) is 1.30. The molecule has 2 N–H and O–H groups in total. The zero-order chi connectivity index (χ0) is 9.30. The van der Waals surface area contributed by atoms with Gasteiger partial charge in [0.1, 0.15) is 0 Å². The molecule has 1 heterocycles. The van der Waals surface area contributed by atoms with Gasteiger partial charge in [0.05, 0.1) is 18.7 Å². The highest BCUT2D eigenvalue weighted by molar-refractivity contribution is 5.66. The third-order valence-corrected chi connectivity index (χ3v) is 1.86. The van der Waals surface area contributed by atoms with Gasteiger partial charge in [0, 0.05) is 6.42 Å². The van der Waals surface area contributed by atoms with Crippen molar-refractivity contribution in [3.05, 3.63) is 0 Å². The molecule has 12 heavy (non-hydrogen) atoms. The average molecular weight is 181 g/mol. The van der Waals surface area contributed by atoms with Crippen LogP contribution in [0.2, 0.25) is 0 Å². The SMILES string of the molecule is O=C(O)N1CC(O)C[C@@H]1C(F)F. The largest absolute Gasteiger partial charge is 0.465 e. The Labute approximate surface area is 67.4 Å². The summed E-state index contributed by atoms with van der Waals surface area (Å²) >= 11 is 0. The van der Waals surface area contributed by atoms with E-state index in [4.69, 9.17) is 10.2 Å². The number of rotatable bonds is 1. The second-order valence-electron chi connectivity index (χ2n) is 2.73. The van der Waals surface area contributed by atoms with Crippen molar-refractivity contribution in [2.75, 3.05) is 6.54 Å². The Bertz CT molecular complexity index is 188. The number of aliphatic hydroxyl groups excluding tert-OH is 1. The van der Waals surface area contributed by atoms with Crippen molar-refractivity contribution in [1.82, 2.24) is 4.90 Å². The van der Waals surface area contributed by atoms with Gasteiger partial charge >= 0.3 is 6.09 Å². The van der Waals surface area contributed by atoms with Gasteiger partial charge in [-0.15, -0.1) is 0 Å². The average Bonchev–Trinajstić information content (AvgIpc) is 2.31. The number of hydrogen-bond acceptors (Lipinski definition) is 2. The Morgan fingerprint density at radius 2 is 2.17 bits per heavy atom. The molecule has 0 bridgehead atoms. The number of aliphatic hydroxyl groups is 1. The zero-order valence-electron chi connectivity index (χ0n) is 6.15. The fraction of sp³-hybridized carbons (Fsp3) is 0.833. The molecular formula is C6H9F2NO3. The number of nitrogens with zero attached hydrogens (tertiary/aromatic N) is 1. The molecular weight excluding hydrogens is 172 g/mol. The van der Waals surface area contributed by atoms with E-state index in [0.717, 1.165) is 0 Å². The van der Waals surface area contributed by atoms with Crippen molar-refractivity contribution in [2.45, 2.75) is 25.0 Å². The van der Waals surface area contributed by atoms with Gasteiger partial charge in [0.25, 0.3) is 6.43 Å². The van der Waals surface area contributed by atoms with E-state index in [1.54, 1.807) is 0 Å². The minimum Gasteiger partial charge on any atom is -0.465 e. The molecule has 1 aliphatic rings. The topological polar surface area (TPSA) is 60.8 Å². The zero-order valence-corrected chi connectivity index (χ0v) is 6.15. The molecule has 0 aromatic rings. The summed E-state index contributed by atoms with van der Waals surface area (Å²) in [6, 6.07) is -1.35. The van der Waals surface area contributed by atoms with E-state index in [0.29, 0.717) is 4.90 Å². The van der Waals surface area contributed by atoms with E-state index in [1.807, 2.05) is 0 Å². The molecule has 2 atom stereocenters. The van der Waals surface area contributed by atoms with Crippen molar-refractivity contribution in [1.29, 1.82) is 0 Å². The number of alkyl halides is 2. The Morgan fingerprint density at radius 3 is 2.50 bits per heavy atom. The number of halogens is 2. The number of hydrogen-bond donors (Lipinski definition) is 2. The van der Waals surface area contributed by atoms with Crippen molar-refractivity contribution >= 4 is 6.09 Å². The van der Waals surface area contributed by atoms with E-state index in [-0.39, 0.29) is 13.0 Å². The summed E-state index contributed by atoms with van der Waals surface area (Å²) in [5.41, 5.74) is 0. The highest BCUT2D eigenvalue weighted by Crippen LogP contribution is 2.23. The third kappa shape index (κ3) is 1.63. The van der Waals surface area contributed by atoms with E-state index in [2.05, 4.69) is 0 Å². The lowest BCUT2D eigenvalue weighted by Gasteiger charge is -2.19. The van der Waals surface area contributed by atoms with Crippen LogP contribution in [-0.2, 0) is 0 Å². The molecule has 1 rings (SSSR count). The molecule has 0 aromatic carbocycles. The summed E-state index contributed by atoms with van der Waals surface area (Å²) < 4.78 is 24.2. The molecule has 0 spiro atoms. The van der Waals surface area contributed by atoms with Crippen LogP contribution in [0.4, 0.5) is 13.6 Å². The summed E-state index contributed by atoms with van der Waals surface area (Å²) in [5, 5.41) is 17.4. The van der Waals surface area contributed by atoms with Crippen LogP contribution in [0.3, 0.4) is 0 Å². The molecule has 0 radical (unpaired) electrons. The van der Waals surface area contributed by atoms with E-state index in [9.17, 15) is 13.6 Å². The van der Waals surface area contributed by atoms with E-state index >= 15 is 0 Å². The van der Waals surface area contributed by atoms with Crippen molar-refractivity contribution in [3.8, 4) is 0 Å². The lowest BCUT2D eigenvalue weighted by Crippen LogP contribution is -2.38. The smallest absolute Gasteiger partial charge is 0.407 e. The minimum absolute atomic E-state index is 0.177. The molecule has 0 saturated carbocycles. The van der Waals surface area contributed by atoms with Crippen molar-refractivity contribution in [3.63, 3.8) is 0 Å². The maximum atomic E-state index is 12.1. The number of amides is 1. The van der Waals surface area contributed by atoms with Gasteiger partial charge in [-0.3, -0.25) is 4.90 Å². The maximum Gasteiger partial charge on any atom is 0.407 e. The van der Waals surface area contributed by atoms with Crippen LogP contribution in [-0.4, -0.2) is 46.3 Å². The van der Waals surface area contributed by atoms with Gasteiger partial charge in [0.15, 0.2) is 0 Å². The Balaban J connectivity index is 2.65. The van der Waals surface area contributed by atoms with Crippen LogP contribution in [0.1, 0.15) is 6.42 Å². The quantitative estimate of drug-likeness (QED) is 0.614. The number of carbonyl (C=O) groups is 1. The first-order valence-electron chi connectivity index (χ1n) is 3.48. The van der Waals surface area contributed by atoms with Gasteiger partial charge in [-0.2, -0.15) is 0 Å². The maximum absolute atomic E-state index is 12.1. The molecule has 1 aliphatic heterocycles. The summed E-state index contributed by atoms with van der Waals surface area (Å²) in [5.74, 6) is 0. The van der Waals surface area contributed by atoms with Gasteiger partial charge in [-0.1, -0.05) is 0 Å². The Hall–Kier alpha value is -0.910. The summed E-state index contributed by atoms with van der Waals surface area (Å²) in [6.45, 7) is -0.218. The predicted molar refractivity (Wildman–Crippen MR) is 35.1 cm³/mol. The molecule has 1 fully saturated rings. The molecule has 6 heteroatoms. The number of β-amino-alcohol motifs (C(OH)–C–C–N with tert-alkyl or cyclic N) is 1. The molecule has 1 amide bonds. The molecule has 1 unspecified atom stereocenters. The third-order valence-electron chi connectivity index (χ3n) is 1.86. The van der Waals surface area contributed by atoms with Crippen LogP contribution in [0.25, 0.3) is 0 Å². The molecule has 4 nitrogen and oxygen atoms in total. The normalized spacial score (nSPS) is 29.8. The standard InChI is InChI=1S/C6H9F2NO3/c7-5(8)4-1-3(10)2-9(4)6(11)12/h3-5,10H,1-2H2,(H,11,12)/t3?,4-/m1/s1. The second kappa shape index (κ2) is 3.22. The monoisotopic (exact) mass is 181 g/mol. The van der Waals surface area contributed by atoms with E-state index < -0.39 is 24.7 Å². The summed E-state index contributed by atoms with van der Waals surface area (Å²) in [7, 11) is 0. The van der Waals surface area contributed by atoms with Gasteiger partial charge < -0.3 is 10.2 Å². The highest BCUT2D eigenvalue weighted by Gasteiger charge is 2.39. The Morgan fingerprint density at radius 1 is 1.58 bits per heavy atom. The summed E-state index contributed by atoms with van der Waals surface area (Å²) in [6.07, 6.45) is -5.26. The van der Waals surface area contributed by atoms with Crippen LogP contribution < -0.4 is 0 Å². The molecule has 0 aromatic heterocycles. The highest BCUT2D eigenvalue weighted by atomic mass is 19.3. The van der Waals surface area contributed by atoms with Crippen LogP contribution in [0.15, 0.2) is 0 Å². The minimum atomic E-state index is -2.72. The van der Waals surface area contributed by atoms with Gasteiger partial charge in [0.2, 0.25) is 0 Å². The fourth-order valence-corrected chi connectivity index (χ4v) is 1.30. The molecule has 1 saturated heterocycles. The van der Waals surface area contributed by atoms with Crippen molar-refractivity contribution in [2.24, 2.45) is 0 Å². The Kier molecular flexibility index (Phi) is 2.46. The lowest BCUT2D eigenvalue weighted by molar-refractivity contribution is 0.0469. The molecule has 70 valence electrons. The van der Waals surface area contributed by atoms with Crippen molar-refractivity contribution < 1.29 is 23.8 Å². The molecule has 0 aliphatic carbocycles. The van der Waals surface area contributed by atoms with Crippen LogP contribution in [0, 0.1) is 0 Å². The lowest BCUT2D eigenvalue weighted by atomic mass is 10.2. The predicted octanol–water partition coefficient (Wildman–Crippen LogP) is 0.365. The van der Waals surface area contributed by atoms with Crippen LogP contribution in [0.5, 0.6) is 0 Å². The number of likely N-dealkylation sites (tertiary alicyclic amines) is 1. The summed E-state index contributed by atoms with van der Waals surface area (Å²) in [4.78, 5) is 10.9. The first kappa shape index (κ1) is 9.18. The van der Waals surface area contributed by atoms with Gasteiger partial charge in [-0.25, -0.2) is 13.6 Å². The first-order chi connectivity index (χ1) is 5.52. The first-order valence-corrected chi connectivity index (χ1v) is 3.48. The number of carboxylic acid groups (broad SMARTS) is 1. The van der Waals surface area contributed by atoms with Crippen LogP contribution >= 0.6 is 0 Å². The second-order valence-corrected chi connectivity index (χ2v) is 2.73.